The third-order valence-electron chi connectivity index (χ3n) is 3.86. The fourth-order valence-electron chi connectivity index (χ4n) is 2.90. The number of hydrogen-bond donors (Lipinski definition) is 1. The predicted molar refractivity (Wildman–Crippen MR) is 83.5 cm³/mol. The number of carbonyl (C=O) groups is 1. The summed E-state index contributed by atoms with van der Waals surface area (Å²) in [5.41, 5.74) is 0.795. The van der Waals surface area contributed by atoms with Gasteiger partial charge in [0.05, 0.1) is 5.75 Å². The van der Waals surface area contributed by atoms with E-state index in [9.17, 15) is 13.2 Å². The lowest BCUT2D eigenvalue weighted by Gasteiger charge is -2.34. The van der Waals surface area contributed by atoms with Gasteiger partial charge in [0.25, 0.3) is 5.91 Å². The Hall–Kier alpha value is -1.44. The fourth-order valence-corrected chi connectivity index (χ4v) is 3.83. The van der Waals surface area contributed by atoms with Crippen LogP contribution in [0.1, 0.15) is 24.5 Å². The molecule has 1 amide bonds. The Morgan fingerprint density at radius 2 is 2.09 bits per heavy atom. The number of nitrogens with zero attached hydrogens (tertiary/aromatic N) is 1. The average molecular weight is 326 g/mol. The van der Waals surface area contributed by atoms with E-state index in [0.29, 0.717) is 13.1 Å². The Morgan fingerprint density at radius 1 is 1.41 bits per heavy atom. The van der Waals surface area contributed by atoms with Gasteiger partial charge in [-0.1, -0.05) is 30.3 Å². The second-order valence-corrected chi connectivity index (χ2v) is 7.31. The van der Waals surface area contributed by atoms with Crippen molar-refractivity contribution in [1.82, 2.24) is 4.90 Å². The average Bonchev–Trinajstić information content (AvgIpc) is 2.47. The molecule has 0 aromatic heterocycles. The third kappa shape index (κ3) is 4.53. The number of likely N-dealkylation sites (tertiary alicyclic amines) is 1. The van der Waals surface area contributed by atoms with E-state index in [-0.39, 0.29) is 17.6 Å². The van der Waals surface area contributed by atoms with Gasteiger partial charge in [0.2, 0.25) is 10.0 Å². The number of methoxy groups -OCH3 is 1. The number of amides is 1. The van der Waals surface area contributed by atoms with Crippen molar-refractivity contribution in [3.63, 3.8) is 0 Å². The molecular weight excluding hydrogens is 304 g/mol. The molecule has 1 aliphatic heterocycles. The molecule has 0 spiro atoms. The summed E-state index contributed by atoms with van der Waals surface area (Å²) < 4.78 is 27.8. The Bertz CT molecular complexity index is 603. The van der Waals surface area contributed by atoms with Crippen LogP contribution in [0.4, 0.5) is 0 Å². The minimum absolute atomic E-state index is 0.0836. The number of rotatable bonds is 5. The standard InChI is InChI=1S/C15H22N2O4S/c1-21-14(13-7-3-2-4-8-13)15(18)17-9-5-6-12(10-17)11-22(16,19)20/h2-4,7-8,12,14H,5-6,9-11H2,1H3,(H2,16,19,20)/t12-,14+/m1/s1. The number of nitrogens with two attached hydrogens (primary N) is 1. The normalized spacial score (nSPS) is 20.6. The monoisotopic (exact) mass is 326 g/mol. The Balaban J connectivity index is 2.07. The van der Waals surface area contributed by atoms with Gasteiger partial charge in [-0.2, -0.15) is 0 Å². The molecule has 1 saturated heterocycles. The quantitative estimate of drug-likeness (QED) is 0.870. The molecule has 6 nitrogen and oxygen atoms in total. The number of hydrogen-bond acceptors (Lipinski definition) is 4. The zero-order valence-corrected chi connectivity index (χ0v) is 13.5. The summed E-state index contributed by atoms with van der Waals surface area (Å²) in [7, 11) is -2.02. The van der Waals surface area contributed by atoms with Crippen LogP contribution in [-0.4, -0.2) is 45.2 Å². The van der Waals surface area contributed by atoms with E-state index in [1.54, 1.807) is 4.90 Å². The fraction of sp³-hybridized carbons (Fsp3) is 0.533. The molecule has 2 atom stereocenters. The van der Waals surface area contributed by atoms with Gasteiger partial charge in [0.15, 0.2) is 6.10 Å². The van der Waals surface area contributed by atoms with E-state index in [0.717, 1.165) is 18.4 Å². The van der Waals surface area contributed by atoms with E-state index < -0.39 is 16.1 Å². The second-order valence-electron chi connectivity index (χ2n) is 5.65. The van der Waals surface area contributed by atoms with Crippen molar-refractivity contribution < 1.29 is 17.9 Å². The molecule has 0 aliphatic carbocycles. The van der Waals surface area contributed by atoms with E-state index in [2.05, 4.69) is 0 Å². The topological polar surface area (TPSA) is 89.7 Å². The number of ether oxygens (including phenoxy) is 1. The summed E-state index contributed by atoms with van der Waals surface area (Å²) in [6, 6.07) is 9.28. The first kappa shape index (κ1) is 16.9. The number of primary sulfonamides is 1. The van der Waals surface area contributed by atoms with Gasteiger partial charge in [-0.15, -0.1) is 0 Å². The van der Waals surface area contributed by atoms with Gasteiger partial charge < -0.3 is 9.64 Å². The van der Waals surface area contributed by atoms with Crippen LogP contribution in [0.3, 0.4) is 0 Å². The van der Waals surface area contributed by atoms with Crippen LogP contribution < -0.4 is 5.14 Å². The predicted octanol–water partition coefficient (Wildman–Crippen LogP) is 0.901. The smallest absolute Gasteiger partial charge is 0.256 e. The maximum absolute atomic E-state index is 12.7. The maximum Gasteiger partial charge on any atom is 0.256 e. The summed E-state index contributed by atoms with van der Waals surface area (Å²) in [5.74, 6) is -0.325. The Kier molecular flexibility index (Phi) is 5.55. The van der Waals surface area contributed by atoms with E-state index in [4.69, 9.17) is 9.88 Å². The van der Waals surface area contributed by atoms with Gasteiger partial charge >= 0.3 is 0 Å². The molecule has 2 rings (SSSR count). The van der Waals surface area contributed by atoms with Crippen molar-refractivity contribution in [2.24, 2.45) is 11.1 Å². The highest BCUT2D eigenvalue weighted by atomic mass is 32.2. The van der Waals surface area contributed by atoms with Crippen molar-refractivity contribution in [3.8, 4) is 0 Å². The lowest BCUT2D eigenvalue weighted by molar-refractivity contribution is -0.144. The van der Waals surface area contributed by atoms with Crippen LogP contribution in [0.2, 0.25) is 0 Å². The van der Waals surface area contributed by atoms with Gasteiger partial charge in [0, 0.05) is 20.2 Å². The molecular formula is C15H22N2O4S. The van der Waals surface area contributed by atoms with E-state index in [1.165, 1.54) is 7.11 Å². The molecule has 0 bridgehead atoms. The summed E-state index contributed by atoms with van der Waals surface area (Å²) in [6.45, 7) is 1.02. The molecule has 22 heavy (non-hydrogen) atoms. The summed E-state index contributed by atoms with van der Waals surface area (Å²) in [4.78, 5) is 14.3. The molecule has 1 aromatic rings. The molecule has 0 unspecified atom stereocenters. The second kappa shape index (κ2) is 7.21. The maximum atomic E-state index is 12.7. The molecule has 7 heteroatoms. The van der Waals surface area contributed by atoms with Crippen molar-refractivity contribution in [2.75, 3.05) is 26.0 Å². The molecule has 1 aromatic carbocycles. The minimum atomic E-state index is -3.52. The van der Waals surface area contributed by atoms with Crippen LogP contribution in [0.5, 0.6) is 0 Å². The lowest BCUT2D eigenvalue weighted by atomic mass is 9.98. The van der Waals surface area contributed by atoms with Crippen molar-refractivity contribution in [3.05, 3.63) is 35.9 Å². The number of sulfonamides is 1. The number of carbonyl (C=O) groups excluding carboxylic acids is 1. The van der Waals surface area contributed by atoms with Crippen LogP contribution in [0.25, 0.3) is 0 Å². The SMILES string of the molecule is CO[C@H](C(=O)N1CCC[C@@H](CS(N)(=O)=O)C1)c1ccccc1. The highest BCUT2D eigenvalue weighted by molar-refractivity contribution is 7.89. The van der Waals surface area contributed by atoms with Gasteiger partial charge in [-0.05, 0) is 24.3 Å². The summed E-state index contributed by atoms with van der Waals surface area (Å²) in [5, 5.41) is 5.11. The van der Waals surface area contributed by atoms with Crippen LogP contribution in [0.15, 0.2) is 30.3 Å². The Labute approximate surface area is 131 Å². The lowest BCUT2D eigenvalue weighted by Crippen LogP contribution is -2.44. The molecule has 122 valence electrons. The van der Waals surface area contributed by atoms with Crippen molar-refractivity contribution in [2.45, 2.75) is 18.9 Å². The molecule has 2 N–H and O–H groups in total. The third-order valence-corrected chi connectivity index (χ3v) is 4.80. The zero-order valence-electron chi connectivity index (χ0n) is 12.6. The molecule has 1 heterocycles. The first-order valence-electron chi connectivity index (χ1n) is 7.27. The summed E-state index contributed by atoms with van der Waals surface area (Å²) in [6.07, 6.45) is 0.884. The zero-order chi connectivity index (χ0) is 16.2. The highest BCUT2D eigenvalue weighted by Gasteiger charge is 2.31. The highest BCUT2D eigenvalue weighted by Crippen LogP contribution is 2.24. The largest absolute Gasteiger partial charge is 0.367 e. The molecule has 1 fully saturated rings. The number of benzene rings is 1. The van der Waals surface area contributed by atoms with Gasteiger partial charge in [-0.25, -0.2) is 13.6 Å². The first-order chi connectivity index (χ1) is 10.4. The Morgan fingerprint density at radius 3 is 2.68 bits per heavy atom. The van der Waals surface area contributed by atoms with Crippen LogP contribution in [-0.2, 0) is 19.6 Å². The molecule has 1 aliphatic rings. The van der Waals surface area contributed by atoms with Crippen LogP contribution in [0, 0.1) is 5.92 Å². The first-order valence-corrected chi connectivity index (χ1v) is 8.99. The van der Waals surface area contributed by atoms with Crippen molar-refractivity contribution >= 4 is 15.9 Å². The molecule has 0 saturated carbocycles. The molecule has 0 radical (unpaired) electrons. The van der Waals surface area contributed by atoms with E-state index in [1.807, 2.05) is 30.3 Å². The summed E-state index contributed by atoms with van der Waals surface area (Å²) >= 11 is 0. The number of piperidine rings is 1. The van der Waals surface area contributed by atoms with Gasteiger partial charge in [0.1, 0.15) is 0 Å². The van der Waals surface area contributed by atoms with E-state index >= 15 is 0 Å². The van der Waals surface area contributed by atoms with Gasteiger partial charge in [-0.3, -0.25) is 4.79 Å². The van der Waals surface area contributed by atoms with Crippen molar-refractivity contribution in [1.29, 1.82) is 0 Å². The van der Waals surface area contributed by atoms with Crippen LogP contribution >= 0.6 is 0 Å². The minimum Gasteiger partial charge on any atom is -0.367 e.